The second-order valence-corrected chi connectivity index (χ2v) is 6.12. The quantitative estimate of drug-likeness (QED) is 0.683. The second-order valence-electron chi connectivity index (χ2n) is 6.12. The first kappa shape index (κ1) is 16.8. The number of carboxylic acids is 1. The summed E-state index contributed by atoms with van der Waals surface area (Å²) < 4.78 is 0. The van der Waals surface area contributed by atoms with Crippen LogP contribution in [0.5, 0.6) is 0 Å². The third-order valence-electron chi connectivity index (χ3n) is 3.57. The number of hydrogen-bond acceptors (Lipinski definition) is 3. The Balaban J connectivity index is 2.32. The van der Waals surface area contributed by atoms with Crippen LogP contribution in [-0.2, 0) is 4.79 Å². The Labute approximate surface area is 120 Å². The van der Waals surface area contributed by atoms with Gasteiger partial charge in [0.1, 0.15) is 0 Å². The van der Waals surface area contributed by atoms with Crippen LogP contribution in [0, 0.1) is 11.8 Å². The topological polar surface area (TPSA) is 81.7 Å². The van der Waals surface area contributed by atoms with Crippen molar-refractivity contribution in [1.29, 1.82) is 0 Å². The van der Waals surface area contributed by atoms with Crippen LogP contribution >= 0.6 is 0 Å². The van der Waals surface area contributed by atoms with Gasteiger partial charge >= 0.3 is 12.0 Å². The van der Waals surface area contributed by atoms with Crippen molar-refractivity contribution in [3.8, 4) is 0 Å². The number of aliphatic carboxylic acids is 1. The summed E-state index contributed by atoms with van der Waals surface area (Å²) in [5, 5.41) is 14.7. The van der Waals surface area contributed by atoms with E-state index < -0.39 is 11.9 Å². The van der Waals surface area contributed by atoms with Crippen LogP contribution < -0.4 is 10.6 Å². The summed E-state index contributed by atoms with van der Waals surface area (Å²) in [6.45, 7) is 6.06. The number of carboxylic acid groups (broad SMARTS) is 1. The second kappa shape index (κ2) is 8.09. The first-order valence-corrected chi connectivity index (χ1v) is 7.34. The lowest BCUT2D eigenvalue weighted by atomic mass is 9.97. The Hall–Kier alpha value is -1.30. The number of piperidine rings is 1. The van der Waals surface area contributed by atoms with Crippen LogP contribution in [-0.4, -0.2) is 54.7 Å². The first-order valence-electron chi connectivity index (χ1n) is 7.34. The maximum atomic E-state index is 11.8. The van der Waals surface area contributed by atoms with Gasteiger partial charge in [-0.15, -0.1) is 0 Å². The van der Waals surface area contributed by atoms with Crippen molar-refractivity contribution < 1.29 is 14.7 Å². The van der Waals surface area contributed by atoms with Gasteiger partial charge in [0.25, 0.3) is 0 Å². The van der Waals surface area contributed by atoms with Crippen LogP contribution in [0.1, 0.15) is 33.1 Å². The highest BCUT2D eigenvalue weighted by Gasteiger charge is 2.22. The molecule has 0 bridgehead atoms. The number of likely N-dealkylation sites (tertiary alicyclic amines) is 1. The van der Waals surface area contributed by atoms with E-state index in [1.54, 1.807) is 0 Å². The van der Waals surface area contributed by atoms with Crippen molar-refractivity contribution in [3.63, 3.8) is 0 Å². The normalized spacial score (nSPS) is 21.5. The van der Waals surface area contributed by atoms with Gasteiger partial charge in [-0.2, -0.15) is 0 Å². The molecule has 0 spiro atoms. The van der Waals surface area contributed by atoms with Gasteiger partial charge in [-0.3, -0.25) is 4.79 Å². The number of carbonyl (C=O) groups is 2. The molecule has 2 atom stereocenters. The Bertz CT molecular complexity index is 334. The Kier molecular flexibility index (Phi) is 6.78. The van der Waals surface area contributed by atoms with E-state index in [1.165, 1.54) is 0 Å². The molecule has 0 aromatic heterocycles. The van der Waals surface area contributed by atoms with Crippen LogP contribution in [0.3, 0.4) is 0 Å². The number of rotatable bonds is 6. The predicted octanol–water partition coefficient (Wildman–Crippen LogP) is 1.13. The zero-order chi connectivity index (χ0) is 15.1. The number of urea groups is 1. The largest absolute Gasteiger partial charge is 0.481 e. The molecule has 0 saturated carbocycles. The molecule has 6 nitrogen and oxygen atoms in total. The van der Waals surface area contributed by atoms with Gasteiger partial charge in [0.15, 0.2) is 0 Å². The molecule has 1 saturated heterocycles. The highest BCUT2D eigenvalue weighted by molar-refractivity contribution is 5.76. The van der Waals surface area contributed by atoms with Gasteiger partial charge in [0.2, 0.25) is 0 Å². The average Bonchev–Trinajstić information content (AvgIpc) is 2.33. The van der Waals surface area contributed by atoms with E-state index in [4.69, 9.17) is 5.11 Å². The van der Waals surface area contributed by atoms with E-state index in [-0.39, 0.29) is 18.6 Å². The molecule has 0 aliphatic carbocycles. The van der Waals surface area contributed by atoms with Gasteiger partial charge in [0, 0.05) is 19.1 Å². The molecule has 116 valence electrons. The van der Waals surface area contributed by atoms with Gasteiger partial charge in [-0.25, -0.2) is 4.79 Å². The Morgan fingerprint density at radius 3 is 2.65 bits per heavy atom. The number of nitrogens with one attached hydrogen (secondary N) is 2. The van der Waals surface area contributed by atoms with Crippen molar-refractivity contribution in [2.45, 2.75) is 39.2 Å². The summed E-state index contributed by atoms with van der Waals surface area (Å²) in [6, 6.07) is -0.109. The number of likely N-dealkylation sites (N-methyl/N-ethyl adjacent to an activating group) is 1. The summed E-state index contributed by atoms with van der Waals surface area (Å²) in [5.74, 6) is -1.07. The SMILES string of the molecule is CC(C)CC(CNC(=O)NC1CCCN(C)C1)C(=O)O. The van der Waals surface area contributed by atoms with Gasteiger partial charge in [0.05, 0.1) is 5.92 Å². The minimum Gasteiger partial charge on any atom is -0.481 e. The van der Waals surface area contributed by atoms with Crippen molar-refractivity contribution in [2.75, 3.05) is 26.7 Å². The van der Waals surface area contributed by atoms with Crippen molar-refractivity contribution in [3.05, 3.63) is 0 Å². The van der Waals surface area contributed by atoms with E-state index in [9.17, 15) is 9.59 Å². The summed E-state index contributed by atoms with van der Waals surface area (Å²) >= 11 is 0. The molecular formula is C14H27N3O3. The van der Waals surface area contributed by atoms with Crippen molar-refractivity contribution in [2.24, 2.45) is 11.8 Å². The molecule has 2 unspecified atom stereocenters. The molecule has 1 heterocycles. The van der Waals surface area contributed by atoms with E-state index in [1.807, 2.05) is 20.9 Å². The number of carbonyl (C=O) groups excluding carboxylic acids is 1. The predicted molar refractivity (Wildman–Crippen MR) is 77.6 cm³/mol. The molecule has 2 amide bonds. The lowest BCUT2D eigenvalue weighted by molar-refractivity contribution is -0.142. The summed E-state index contributed by atoms with van der Waals surface area (Å²) in [4.78, 5) is 25.1. The number of hydrogen-bond donors (Lipinski definition) is 3. The van der Waals surface area contributed by atoms with Crippen molar-refractivity contribution >= 4 is 12.0 Å². The van der Waals surface area contributed by atoms with Gasteiger partial charge in [-0.05, 0) is 38.8 Å². The fraction of sp³-hybridized carbons (Fsp3) is 0.857. The minimum absolute atomic E-state index is 0.155. The highest BCUT2D eigenvalue weighted by Crippen LogP contribution is 2.11. The van der Waals surface area contributed by atoms with Crippen molar-refractivity contribution in [1.82, 2.24) is 15.5 Å². The molecule has 1 aliphatic heterocycles. The van der Waals surface area contributed by atoms with Gasteiger partial charge in [-0.1, -0.05) is 13.8 Å². The maximum Gasteiger partial charge on any atom is 0.315 e. The fourth-order valence-corrected chi connectivity index (χ4v) is 2.58. The zero-order valence-corrected chi connectivity index (χ0v) is 12.7. The van der Waals surface area contributed by atoms with Crippen LogP contribution in [0.2, 0.25) is 0 Å². The fourth-order valence-electron chi connectivity index (χ4n) is 2.58. The van der Waals surface area contributed by atoms with E-state index >= 15 is 0 Å². The summed E-state index contributed by atoms with van der Waals surface area (Å²) in [7, 11) is 2.04. The average molecular weight is 285 g/mol. The molecule has 0 aromatic rings. The zero-order valence-electron chi connectivity index (χ0n) is 12.7. The van der Waals surface area contributed by atoms with Crippen LogP contribution in [0.4, 0.5) is 4.79 Å². The highest BCUT2D eigenvalue weighted by atomic mass is 16.4. The monoisotopic (exact) mass is 285 g/mol. The molecule has 6 heteroatoms. The number of amides is 2. The molecule has 1 aliphatic rings. The summed E-state index contributed by atoms with van der Waals surface area (Å²) in [5.41, 5.74) is 0. The van der Waals surface area contributed by atoms with Crippen LogP contribution in [0.25, 0.3) is 0 Å². The molecule has 20 heavy (non-hydrogen) atoms. The molecule has 3 N–H and O–H groups in total. The molecular weight excluding hydrogens is 258 g/mol. The molecule has 0 radical (unpaired) electrons. The Morgan fingerprint density at radius 2 is 2.10 bits per heavy atom. The minimum atomic E-state index is -0.851. The third kappa shape index (κ3) is 6.23. The van der Waals surface area contributed by atoms with E-state index in [0.717, 1.165) is 25.9 Å². The first-order chi connectivity index (χ1) is 9.38. The maximum absolute atomic E-state index is 11.8. The molecule has 1 rings (SSSR count). The van der Waals surface area contributed by atoms with E-state index in [0.29, 0.717) is 12.3 Å². The lowest BCUT2D eigenvalue weighted by Gasteiger charge is -2.30. The number of nitrogens with zero attached hydrogens (tertiary/aromatic N) is 1. The smallest absolute Gasteiger partial charge is 0.315 e. The van der Waals surface area contributed by atoms with Crippen LogP contribution in [0.15, 0.2) is 0 Å². The van der Waals surface area contributed by atoms with E-state index in [2.05, 4.69) is 15.5 Å². The third-order valence-corrected chi connectivity index (χ3v) is 3.57. The summed E-state index contributed by atoms with van der Waals surface area (Å²) in [6.07, 6.45) is 2.63. The molecule has 0 aromatic carbocycles. The standard InChI is InChI=1S/C14H27N3O3/c1-10(2)7-11(13(18)19)8-15-14(20)16-12-5-4-6-17(3)9-12/h10-12H,4-9H2,1-3H3,(H,18,19)(H2,15,16,20). The molecule has 1 fully saturated rings. The van der Waals surface area contributed by atoms with Gasteiger partial charge < -0.3 is 20.6 Å². The Morgan fingerprint density at radius 1 is 1.40 bits per heavy atom. The lowest BCUT2D eigenvalue weighted by Crippen LogP contribution is -2.50.